The number of thiazole rings is 1. The second kappa shape index (κ2) is 7.35. The summed E-state index contributed by atoms with van der Waals surface area (Å²) in [5, 5.41) is 6.54. The van der Waals surface area contributed by atoms with Crippen molar-refractivity contribution in [1.82, 2.24) is 14.4 Å². The molecule has 4 aromatic heterocycles. The quantitative estimate of drug-likeness (QED) is 0.431. The molecular formula is C20H19ClN4S2. The van der Waals surface area contributed by atoms with Gasteiger partial charge in [-0.2, -0.15) is 0 Å². The summed E-state index contributed by atoms with van der Waals surface area (Å²) in [7, 11) is 0. The first-order chi connectivity index (χ1) is 12.5. The third kappa shape index (κ3) is 3.72. The van der Waals surface area contributed by atoms with Crippen molar-refractivity contribution < 1.29 is 0 Å². The summed E-state index contributed by atoms with van der Waals surface area (Å²) in [5.41, 5.74) is 2.51. The molecule has 138 valence electrons. The molecule has 4 aromatic rings. The molecule has 4 heterocycles. The minimum absolute atomic E-state index is 0. The summed E-state index contributed by atoms with van der Waals surface area (Å²) in [6.07, 6.45) is 9.64. The smallest absolute Gasteiger partial charge is 0.140 e. The lowest BCUT2D eigenvalue weighted by Crippen LogP contribution is -2.27. The number of nitrogens with one attached hydrogen (secondary N) is 1. The van der Waals surface area contributed by atoms with Crippen LogP contribution in [-0.4, -0.2) is 19.9 Å². The highest BCUT2D eigenvalue weighted by atomic mass is 35.5. The van der Waals surface area contributed by atoms with Gasteiger partial charge in [0.1, 0.15) is 22.2 Å². The molecule has 0 bridgehead atoms. The summed E-state index contributed by atoms with van der Waals surface area (Å²) in [5.74, 6) is 3.78. The highest BCUT2D eigenvalue weighted by molar-refractivity contribution is 7.23. The van der Waals surface area contributed by atoms with Gasteiger partial charge in [0.05, 0.1) is 9.75 Å². The molecule has 0 amide bonds. The Bertz CT molecular complexity index is 1110. The zero-order valence-electron chi connectivity index (χ0n) is 15.2. The zero-order valence-corrected chi connectivity index (χ0v) is 17.6. The van der Waals surface area contributed by atoms with Crippen molar-refractivity contribution in [1.29, 1.82) is 0 Å². The molecular weight excluding hydrogens is 396 g/mol. The average molecular weight is 415 g/mol. The Morgan fingerprint density at radius 1 is 1.26 bits per heavy atom. The van der Waals surface area contributed by atoms with Gasteiger partial charge >= 0.3 is 0 Å². The van der Waals surface area contributed by atoms with E-state index in [1.807, 2.05) is 42.0 Å². The SMILES string of the molecule is C#Cc1cc(-c2nccs2)sc1-c1nc2ccccn2c1NC(C)(C)C.Cl. The largest absolute Gasteiger partial charge is 0.365 e. The molecule has 4 rings (SSSR count). The van der Waals surface area contributed by atoms with Crippen LogP contribution in [0.3, 0.4) is 0 Å². The Morgan fingerprint density at radius 3 is 2.74 bits per heavy atom. The number of imidazole rings is 1. The number of thiophene rings is 1. The zero-order chi connectivity index (χ0) is 18.3. The maximum Gasteiger partial charge on any atom is 0.140 e. The third-order valence-corrected chi connectivity index (χ3v) is 5.85. The number of hydrogen-bond acceptors (Lipinski definition) is 5. The van der Waals surface area contributed by atoms with E-state index in [-0.39, 0.29) is 17.9 Å². The van der Waals surface area contributed by atoms with Crippen molar-refractivity contribution in [3.8, 4) is 32.8 Å². The minimum atomic E-state index is -0.105. The van der Waals surface area contributed by atoms with Crippen molar-refractivity contribution in [3.05, 3.63) is 47.6 Å². The van der Waals surface area contributed by atoms with E-state index in [1.54, 1.807) is 22.7 Å². The molecule has 7 heteroatoms. The van der Waals surface area contributed by atoms with Crippen molar-refractivity contribution in [3.63, 3.8) is 0 Å². The van der Waals surface area contributed by atoms with Crippen molar-refractivity contribution >= 4 is 46.5 Å². The molecule has 0 fully saturated rings. The van der Waals surface area contributed by atoms with E-state index in [9.17, 15) is 0 Å². The fourth-order valence-electron chi connectivity index (χ4n) is 2.75. The average Bonchev–Trinajstić information content (AvgIpc) is 3.31. The van der Waals surface area contributed by atoms with E-state index < -0.39 is 0 Å². The Morgan fingerprint density at radius 2 is 2.07 bits per heavy atom. The fraction of sp³-hybridized carbons (Fsp3) is 0.200. The first-order valence-electron chi connectivity index (χ1n) is 8.22. The molecule has 0 aromatic carbocycles. The van der Waals surface area contributed by atoms with Gasteiger partial charge in [-0.3, -0.25) is 4.40 Å². The van der Waals surface area contributed by atoms with Gasteiger partial charge in [-0.05, 0) is 39.0 Å². The van der Waals surface area contributed by atoms with E-state index in [1.165, 1.54) is 0 Å². The molecule has 4 nitrogen and oxygen atoms in total. The van der Waals surface area contributed by atoms with Crippen LogP contribution in [0.4, 0.5) is 5.82 Å². The first kappa shape index (κ1) is 19.4. The van der Waals surface area contributed by atoms with E-state index >= 15 is 0 Å². The monoisotopic (exact) mass is 414 g/mol. The second-order valence-electron chi connectivity index (χ2n) is 6.95. The standard InChI is InChI=1S/C20H18N4S2.ClH/c1-5-13-12-14(19-21-9-11-25-19)26-17(13)16-18(23-20(2,3)4)24-10-7-6-8-15(24)22-16;/h1,6-12,23H,2-4H3;1H. The lowest BCUT2D eigenvalue weighted by Gasteiger charge is -2.22. The van der Waals surface area contributed by atoms with Gasteiger partial charge in [0.2, 0.25) is 0 Å². The van der Waals surface area contributed by atoms with Crippen LogP contribution in [0.1, 0.15) is 26.3 Å². The van der Waals surface area contributed by atoms with E-state index in [0.29, 0.717) is 0 Å². The van der Waals surface area contributed by atoms with Gasteiger partial charge < -0.3 is 5.32 Å². The van der Waals surface area contributed by atoms with Gasteiger partial charge in [-0.15, -0.1) is 41.5 Å². The summed E-state index contributed by atoms with van der Waals surface area (Å²) < 4.78 is 2.07. The number of pyridine rings is 1. The molecule has 0 saturated carbocycles. The number of nitrogens with zero attached hydrogens (tertiary/aromatic N) is 3. The third-order valence-electron chi connectivity index (χ3n) is 3.77. The number of aromatic nitrogens is 3. The number of anilines is 1. The molecule has 1 N–H and O–H groups in total. The predicted molar refractivity (Wildman–Crippen MR) is 118 cm³/mol. The van der Waals surface area contributed by atoms with Crippen LogP contribution in [-0.2, 0) is 0 Å². The maximum atomic E-state index is 5.81. The first-order valence-corrected chi connectivity index (χ1v) is 9.92. The Kier molecular flexibility index (Phi) is 5.29. The van der Waals surface area contributed by atoms with E-state index in [2.05, 4.69) is 41.4 Å². The summed E-state index contributed by atoms with van der Waals surface area (Å²) in [6.45, 7) is 6.41. The van der Waals surface area contributed by atoms with Crippen LogP contribution < -0.4 is 5.32 Å². The minimum Gasteiger partial charge on any atom is -0.365 e. The predicted octanol–water partition coefficient (Wildman–Crippen LogP) is 5.80. The van der Waals surface area contributed by atoms with Crippen molar-refractivity contribution in [2.75, 3.05) is 5.32 Å². The second-order valence-corrected chi connectivity index (χ2v) is 8.89. The molecule has 0 aliphatic heterocycles. The summed E-state index contributed by atoms with van der Waals surface area (Å²) >= 11 is 3.25. The molecule has 0 unspecified atom stereocenters. The number of halogens is 1. The topological polar surface area (TPSA) is 42.2 Å². The molecule has 0 atom stereocenters. The van der Waals surface area contributed by atoms with Gasteiger partial charge in [-0.1, -0.05) is 12.0 Å². The highest BCUT2D eigenvalue weighted by Gasteiger charge is 2.23. The van der Waals surface area contributed by atoms with Crippen LogP contribution in [0.5, 0.6) is 0 Å². The normalized spacial score (nSPS) is 11.2. The fourth-order valence-corrected chi connectivity index (χ4v) is 4.57. The maximum absolute atomic E-state index is 5.81. The molecule has 0 radical (unpaired) electrons. The van der Waals surface area contributed by atoms with Gasteiger partial charge in [0, 0.05) is 28.9 Å². The molecule has 0 saturated heterocycles. The molecule has 27 heavy (non-hydrogen) atoms. The Labute approximate surface area is 172 Å². The number of hydrogen-bond donors (Lipinski definition) is 1. The molecule has 0 spiro atoms. The van der Waals surface area contributed by atoms with Crippen LogP contribution >= 0.6 is 35.1 Å². The molecule has 0 aliphatic carbocycles. The van der Waals surface area contributed by atoms with E-state index in [4.69, 9.17) is 11.4 Å². The number of terminal acetylenes is 1. The highest BCUT2D eigenvalue weighted by Crippen LogP contribution is 2.41. The van der Waals surface area contributed by atoms with Crippen molar-refractivity contribution in [2.45, 2.75) is 26.3 Å². The van der Waals surface area contributed by atoms with Crippen LogP contribution in [0, 0.1) is 12.3 Å². The summed E-state index contributed by atoms with van der Waals surface area (Å²) in [6, 6.07) is 8.03. The summed E-state index contributed by atoms with van der Waals surface area (Å²) in [4.78, 5) is 11.3. The lowest BCUT2D eigenvalue weighted by atomic mass is 10.1. The molecule has 0 aliphatic rings. The van der Waals surface area contributed by atoms with Gasteiger partial charge in [-0.25, -0.2) is 9.97 Å². The van der Waals surface area contributed by atoms with E-state index in [0.717, 1.165) is 37.5 Å². The number of rotatable bonds is 3. The van der Waals surface area contributed by atoms with Gasteiger partial charge in [0.15, 0.2) is 0 Å². The Hall–Kier alpha value is -2.33. The van der Waals surface area contributed by atoms with Crippen LogP contribution in [0.25, 0.3) is 26.1 Å². The van der Waals surface area contributed by atoms with Crippen LogP contribution in [0.2, 0.25) is 0 Å². The Balaban J connectivity index is 0.00000210. The number of fused-ring (bicyclic) bond motifs is 1. The lowest BCUT2D eigenvalue weighted by molar-refractivity contribution is 0.629. The van der Waals surface area contributed by atoms with Gasteiger partial charge in [0.25, 0.3) is 0 Å². The van der Waals surface area contributed by atoms with Crippen LogP contribution in [0.15, 0.2) is 42.0 Å². The van der Waals surface area contributed by atoms with Crippen molar-refractivity contribution in [2.24, 2.45) is 0 Å².